The molecule has 1 aromatic heterocycles. The van der Waals surface area contributed by atoms with Gasteiger partial charge in [0.2, 0.25) is 17.8 Å². The molecule has 0 radical (unpaired) electrons. The predicted molar refractivity (Wildman–Crippen MR) is 80.4 cm³/mol. The van der Waals surface area contributed by atoms with Crippen molar-refractivity contribution in [1.29, 1.82) is 0 Å². The second kappa shape index (κ2) is 7.23. The topological polar surface area (TPSA) is 75.2 Å². The molecular weight excluding hydrogens is 256 g/mol. The van der Waals surface area contributed by atoms with E-state index in [9.17, 15) is 0 Å². The van der Waals surface area contributed by atoms with Gasteiger partial charge in [0.25, 0.3) is 0 Å². The number of nitrogens with one attached hydrogen (secondary N) is 2. The molecule has 1 unspecified atom stereocenters. The van der Waals surface area contributed by atoms with E-state index in [4.69, 9.17) is 4.74 Å². The van der Waals surface area contributed by atoms with Crippen molar-refractivity contribution in [1.82, 2.24) is 15.0 Å². The van der Waals surface area contributed by atoms with Gasteiger partial charge in [-0.2, -0.15) is 15.0 Å². The molecule has 1 saturated heterocycles. The second-order valence-electron chi connectivity index (χ2n) is 5.17. The van der Waals surface area contributed by atoms with Crippen LogP contribution in [0.2, 0.25) is 0 Å². The number of ether oxygens (including phenoxy) is 1. The smallest absolute Gasteiger partial charge is 0.231 e. The van der Waals surface area contributed by atoms with Crippen LogP contribution in [0.3, 0.4) is 0 Å². The Kier molecular flexibility index (Phi) is 5.34. The number of aromatic nitrogens is 3. The molecule has 0 amide bonds. The molecule has 0 aliphatic carbocycles. The molecule has 2 N–H and O–H groups in total. The predicted octanol–water partition coefficient (Wildman–Crippen LogP) is 1.21. The van der Waals surface area contributed by atoms with Crippen molar-refractivity contribution < 1.29 is 4.74 Å². The fraction of sp³-hybridized carbons (Fsp3) is 0.769. The summed E-state index contributed by atoms with van der Waals surface area (Å²) in [7, 11) is 3.84. The Morgan fingerprint density at radius 1 is 1.20 bits per heavy atom. The molecule has 2 rings (SSSR count). The lowest BCUT2D eigenvalue weighted by atomic mass is 10.0. The number of hydrogen-bond acceptors (Lipinski definition) is 7. The molecular formula is C13H24N6O. The number of anilines is 3. The maximum atomic E-state index is 5.48. The number of nitrogens with zero attached hydrogens (tertiary/aromatic N) is 4. The molecule has 112 valence electrons. The average molecular weight is 280 g/mol. The Hall–Kier alpha value is -1.63. The Bertz CT molecular complexity index is 419. The summed E-state index contributed by atoms with van der Waals surface area (Å²) in [6, 6.07) is 0. The zero-order chi connectivity index (χ0) is 14.4. The summed E-state index contributed by atoms with van der Waals surface area (Å²) in [4.78, 5) is 15.0. The van der Waals surface area contributed by atoms with E-state index in [1.54, 1.807) is 0 Å². The molecule has 20 heavy (non-hydrogen) atoms. The highest BCUT2D eigenvalue weighted by Crippen LogP contribution is 2.15. The minimum absolute atomic E-state index is 0.533. The molecule has 1 aromatic rings. The first-order valence-corrected chi connectivity index (χ1v) is 7.18. The highest BCUT2D eigenvalue weighted by atomic mass is 16.5. The van der Waals surface area contributed by atoms with Crippen LogP contribution >= 0.6 is 0 Å². The van der Waals surface area contributed by atoms with Gasteiger partial charge >= 0.3 is 0 Å². The first-order chi connectivity index (χ1) is 9.69. The summed E-state index contributed by atoms with van der Waals surface area (Å²) in [6.45, 7) is 5.34. The molecule has 0 saturated carbocycles. The first kappa shape index (κ1) is 14.8. The largest absolute Gasteiger partial charge is 0.381 e. The normalized spacial score (nSPS) is 18.6. The third-order valence-corrected chi connectivity index (χ3v) is 3.16. The molecule has 1 fully saturated rings. The fourth-order valence-corrected chi connectivity index (χ4v) is 2.08. The molecule has 0 bridgehead atoms. The van der Waals surface area contributed by atoms with Gasteiger partial charge in [-0.1, -0.05) is 0 Å². The summed E-state index contributed by atoms with van der Waals surface area (Å²) < 4.78 is 5.48. The van der Waals surface area contributed by atoms with E-state index in [2.05, 4.69) is 25.6 Å². The van der Waals surface area contributed by atoms with Crippen molar-refractivity contribution in [2.75, 3.05) is 55.9 Å². The monoisotopic (exact) mass is 280 g/mol. The van der Waals surface area contributed by atoms with Gasteiger partial charge in [-0.25, -0.2) is 0 Å². The third-order valence-electron chi connectivity index (χ3n) is 3.16. The van der Waals surface area contributed by atoms with Gasteiger partial charge in [0, 0.05) is 33.8 Å². The van der Waals surface area contributed by atoms with Crippen LogP contribution in [0.25, 0.3) is 0 Å². The number of rotatable bonds is 6. The Morgan fingerprint density at radius 2 is 1.95 bits per heavy atom. The molecule has 1 aliphatic heterocycles. The zero-order valence-corrected chi connectivity index (χ0v) is 12.5. The average Bonchev–Trinajstić information content (AvgIpc) is 2.46. The Morgan fingerprint density at radius 3 is 2.55 bits per heavy atom. The van der Waals surface area contributed by atoms with Crippen LogP contribution in [0.4, 0.5) is 17.8 Å². The van der Waals surface area contributed by atoms with Crippen LogP contribution < -0.4 is 15.5 Å². The van der Waals surface area contributed by atoms with Crippen LogP contribution in [-0.2, 0) is 4.74 Å². The van der Waals surface area contributed by atoms with Gasteiger partial charge in [-0.3, -0.25) is 0 Å². The highest BCUT2D eigenvalue weighted by molar-refractivity contribution is 5.42. The lowest BCUT2D eigenvalue weighted by molar-refractivity contribution is 0.0594. The van der Waals surface area contributed by atoms with Gasteiger partial charge in [0.1, 0.15) is 0 Å². The van der Waals surface area contributed by atoms with Crippen LogP contribution in [0, 0.1) is 5.92 Å². The maximum absolute atomic E-state index is 5.48. The molecule has 1 aliphatic rings. The molecule has 2 heterocycles. The zero-order valence-electron chi connectivity index (χ0n) is 12.5. The molecule has 0 spiro atoms. The Labute approximate surface area is 120 Å². The number of hydrogen-bond donors (Lipinski definition) is 2. The van der Waals surface area contributed by atoms with E-state index in [-0.39, 0.29) is 0 Å². The highest BCUT2D eigenvalue weighted by Gasteiger charge is 2.15. The van der Waals surface area contributed by atoms with Crippen molar-refractivity contribution in [3.05, 3.63) is 0 Å². The minimum atomic E-state index is 0.533. The molecule has 7 nitrogen and oxygen atoms in total. The lowest BCUT2D eigenvalue weighted by Crippen LogP contribution is -2.25. The molecule has 1 atom stereocenters. The second-order valence-corrected chi connectivity index (χ2v) is 5.17. The van der Waals surface area contributed by atoms with E-state index >= 15 is 0 Å². The van der Waals surface area contributed by atoms with Gasteiger partial charge in [0.15, 0.2) is 0 Å². The van der Waals surface area contributed by atoms with Crippen LogP contribution in [0.5, 0.6) is 0 Å². The van der Waals surface area contributed by atoms with E-state index in [0.29, 0.717) is 23.8 Å². The van der Waals surface area contributed by atoms with Crippen LogP contribution in [-0.4, -0.2) is 55.4 Å². The van der Waals surface area contributed by atoms with Crippen LogP contribution in [0.15, 0.2) is 0 Å². The van der Waals surface area contributed by atoms with Crippen molar-refractivity contribution in [2.45, 2.75) is 19.8 Å². The summed E-state index contributed by atoms with van der Waals surface area (Å²) in [5.41, 5.74) is 0. The quantitative estimate of drug-likeness (QED) is 0.811. The van der Waals surface area contributed by atoms with Gasteiger partial charge in [-0.15, -0.1) is 0 Å². The van der Waals surface area contributed by atoms with Crippen molar-refractivity contribution in [3.8, 4) is 0 Å². The Balaban J connectivity index is 2.01. The summed E-state index contributed by atoms with van der Waals surface area (Å²) >= 11 is 0. The maximum Gasteiger partial charge on any atom is 0.231 e. The van der Waals surface area contributed by atoms with Crippen LogP contribution in [0.1, 0.15) is 19.8 Å². The van der Waals surface area contributed by atoms with E-state index in [1.807, 2.05) is 25.9 Å². The SMILES string of the molecule is CCNc1nc(NCC2CCCOC2)nc(N(C)C)n1. The van der Waals surface area contributed by atoms with E-state index in [0.717, 1.165) is 32.7 Å². The molecule has 7 heteroatoms. The lowest BCUT2D eigenvalue weighted by Gasteiger charge is -2.22. The van der Waals surface area contributed by atoms with Crippen molar-refractivity contribution in [2.24, 2.45) is 5.92 Å². The van der Waals surface area contributed by atoms with Gasteiger partial charge < -0.3 is 20.3 Å². The summed E-state index contributed by atoms with van der Waals surface area (Å²) in [6.07, 6.45) is 2.33. The third kappa shape index (κ3) is 4.19. The van der Waals surface area contributed by atoms with Crippen molar-refractivity contribution in [3.63, 3.8) is 0 Å². The standard InChI is InChI=1S/C13H24N6O/c1-4-14-11-16-12(18-13(17-11)19(2)3)15-8-10-6-5-7-20-9-10/h10H,4-9H2,1-3H3,(H2,14,15,16,17,18). The van der Waals surface area contributed by atoms with E-state index in [1.165, 1.54) is 6.42 Å². The minimum Gasteiger partial charge on any atom is -0.381 e. The van der Waals surface area contributed by atoms with Gasteiger partial charge in [0.05, 0.1) is 6.61 Å². The summed E-state index contributed by atoms with van der Waals surface area (Å²) in [5.74, 6) is 2.41. The van der Waals surface area contributed by atoms with Crippen molar-refractivity contribution >= 4 is 17.8 Å². The first-order valence-electron chi connectivity index (χ1n) is 7.18. The van der Waals surface area contributed by atoms with Gasteiger partial charge in [-0.05, 0) is 25.7 Å². The summed E-state index contributed by atoms with van der Waals surface area (Å²) in [5, 5.41) is 6.43. The fourth-order valence-electron chi connectivity index (χ4n) is 2.08. The van der Waals surface area contributed by atoms with E-state index < -0.39 is 0 Å². The molecule has 0 aromatic carbocycles.